The number of nitrogens with two attached hydrogens (primary N) is 1. The number of carbonyl (C=O) groups is 2. The molecule has 2 rings (SSSR count). The van der Waals surface area contributed by atoms with E-state index in [1.54, 1.807) is 31.3 Å². The fourth-order valence-corrected chi connectivity index (χ4v) is 2.58. The Kier molecular flexibility index (Phi) is 4.39. The number of nitrogens with one attached hydrogen (secondary N) is 2. The van der Waals surface area contributed by atoms with Crippen LogP contribution in [0.5, 0.6) is 0 Å². The summed E-state index contributed by atoms with van der Waals surface area (Å²) in [6.45, 7) is 0. The van der Waals surface area contributed by atoms with Gasteiger partial charge in [-0.2, -0.15) is 0 Å². The molecule has 5 nitrogen and oxygen atoms in total. The van der Waals surface area contributed by atoms with E-state index in [2.05, 4.69) is 10.6 Å². The van der Waals surface area contributed by atoms with Crippen LogP contribution >= 0.6 is 0 Å². The second-order valence-electron chi connectivity index (χ2n) is 5.30. The van der Waals surface area contributed by atoms with Crippen molar-refractivity contribution < 1.29 is 9.59 Å². The highest BCUT2D eigenvalue weighted by atomic mass is 16.2. The first-order chi connectivity index (χ1) is 9.57. The SMILES string of the molecule is CNC(=O)c1ccccc1NC(=O)C1(N)CCCCC1. The Hall–Kier alpha value is -1.88. The molecule has 0 unspecified atom stereocenters. The lowest BCUT2D eigenvalue weighted by Gasteiger charge is -2.32. The molecule has 108 valence electrons. The molecule has 0 spiro atoms. The number of para-hydroxylation sites is 1. The quantitative estimate of drug-likeness (QED) is 0.784. The smallest absolute Gasteiger partial charge is 0.253 e. The molecule has 1 saturated carbocycles. The Balaban J connectivity index is 2.17. The Morgan fingerprint density at radius 2 is 1.80 bits per heavy atom. The van der Waals surface area contributed by atoms with Crippen LogP contribution in [0.1, 0.15) is 42.5 Å². The van der Waals surface area contributed by atoms with Crippen molar-refractivity contribution >= 4 is 17.5 Å². The van der Waals surface area contributed by atoms with Crippen LogP contribution < -0.4 is 16.4 Å². The van der Waals surface area contributed by atoms with E-state index < -0.39 is 5.54 Å². The molecule has 1 aliphatic rings. The average Bonchev–Trinajstić information content (AvgIpc) is 2.47. The minimum absolute atomic E-state index is 0.200. The highest BCUT2D eigenvalue weighted by Gasteiger charge is 2.35. The summed E-state index contributed by atoms with van der Waals surface area (Å²) in [5, 5.41) is 5.37. The van der Waals surface area contributed by atoms with E-state index in [0.29, 0.717) is 24.1 Å². The largest absolute Gasteiger partial charge is 0.355 e. The van der Waals surface area contributed by atoms with Crippen molar-refractivity contribution in [2.24, 2.45) is 5.73 Å². The van der Waals surface area contributed by atoms with Gasteiger partial charge in [0.25, 0.3) is 5.91 Å². The molecule has 1 aromatic carbocycles. The second-order valence-corrected chi connectivity index (χ2v) is 5.30. The summed E-state index contributed by atoms with van der Waals surface area (Å²) in [7, 11) is 1.56. The summed E-state index contributed by atoms with van der Waals surface area (Å²) >= 11 is 0. The van der Waals surface area contributed by atoms with Gasteiger partial charge in [-0.15, -0.1) is 0 Å². The van der Waals surface area contributed by atoms with Gasteiger partial charge in [-0.3, -0.25) is 9.59 Å². The normalized spacial score (nSPS) is 17.3. The molecule has 0 aliphatic heterocycles. The van der Waals surface area contributed by atoms with Gasteiger partial charge in [0.05, 0.1) is 16.8 Å². The third-order valence-electron chi connectivity index (χ3n) is 3.84. The average molecular weight is 275 g/mol. The maximum absolute atomic E-state index is 12.4. The Morgan fingerprint density at radius 3 is 2.45 bits per heavy atom. The monoisotopic (exact) mass is 275 g/mol. The molecule has 4 N–H and O–H groups in total. The maximum atomic E-state index is 12.4. The summed E-state index contributed by atoms with van der Waals surface area (Å²) in [4.78, 5) is 24.2. The fourth-order valence-electron chi connectivity index (χ4n) is 2.58. The van der Waals surface area contributed by atoms with Crippen LogP contribution in [0.25, 0.3) is 0 Å². The van der Waals surface area contributed by atoms with E-state index in [1.807, 2.05) is 0 Å². The van der Waals surface area contributed by atoms with Gasteiger partial charge in [0, 0.05) is 7.05 Å². The molecule has 20 heavy (non-hydrogen) atoms. The molecular weight excluding hydrogens is 254 g/mol. The first-order valence-corrected chi connectivity index (χ1v) is 6.98. The van der Waals surface area contributed by atoms with Crippen molar-refractivity contribution in [1.82, 2.24) is 5.32 Å². The lowest BCUT2D eigenvalue weighted by atomic mass is 9.82. The predicted octanol–water partition coefficient (Wildman–Crippen LogP) is 1.65. The van der Waals surface area contributed by atoms with Crippen molar-refractivity contribution in [3.8, 4) is 0 Å². The zero-order valence-corrected chi connectivity index (χ0v) is 11.7. The number of rotatable bonds is 3. The summed E-state index contributed by atoms with van der Waals surface area (Å²) in [5.74, 6) is -0.427. The number of carbonyl (C=O) groups excluding carboxylic acids is 2. The maximum Gasteiger partial charge on any atom is 0.253 e. The molecule has 0 saturated heterocycles. The van der Waals surface area contributed by atoms with Gasteiger partial charge in [-0.05, 0) is 25.0 Å². The van der Waals surface area contributed by atoms with Crippen LogP contribution in [0.3, 0.4) is 0 Å². The Morgan fingerprint density at radius 1 is 1.15 bits per heavy atom. The summed E-state index contributed by atoms with van der Waals surface area (Å²) < 4.78 is 0. The standard InChI is InChI=1S/C15H21N3O2/c1-17-13(19)11-7-3-4-8-12(11)18-14(20)15(16)9-5-2-6-10-15/h3-4,7-8H,2,5-6,9-10,16H2,1H3,(H,17,19)(H,18,20). The third kappa shape index (κ3) is 2.99. The number of hydrogen-bond acceptors (Lipinski definition) is 3. The second kappa shape index (κ2) is 6.05. The number of benzene rings is 1. The van der Waals surface area contributed by atoms with E-state index in [9.17, 15) is 9.59 Å². The molecular formula is C15H21N3O2. The minimum atomic E-state index is -0.811. The fraction of sp³-hybridized carbons (Fsp3) is 0.467. The first kappa shape index (κ1) is 14.5. The van der Waals surface area contributed by atoms with Gasteiger partial charge >= 0.3 is 0 Å². The van der Waals surface area contributed by atoms with Gasteiger partial charge < -0.3 is 16.4 Å². The van der Waals surface area contributed by atoms with Crippen LogP contribution in [0.4, 0.5) is 5.69 Å². The molecule has 1 aliphatic carbocycles. The van der Waals surface area contributed by atoms with Crippen LogP contribution in [-0.2, 0) is 4.79 Å². The van der Waals surface area contributed by atoms with E-state index in [0.717, 1.165) is 19.3 Å². The van der Waals surface area contributed by atoms with Crippen LogP contribution in [0.15, 0.2) is 24.3 Å². The zero-order valence-electron chi connectivity index (χ0n) is 11.7. The molecule has 0 heterocycles. The highest BCUT2D eigenvalue weighted by molar-refractivity contribution is 6.05. The van der Waals surface area contributed by atoms with Crippen molar-refractivity contribution in [3.05, 3.63) is 29.8 Å². The van der Waals surface area contributed by atoms with Gasteiger partial charge in [0.1, 0.15) is 0 Å². The van der Waals surface area contributed by atoms with Crippen molar-refractivity contribution in [1.29, 1.82) is 0 Å². The molecule has 0 aromatic heterocycles. The number of hydrogen-bond donors (Lipinski definition) is 3. The summed E-state index contributed by atoms with van der Waals surface area (Å²) in [6.07, 6.45) is 4.46. The predicted molar refractivity (Wildman–Crippen MR) is 78.5 cm³/mol. The van der Waals surface area contributed by atoms with Crippen molar-refractivity contribution in [3.63, 3.8) is 0 Å². The zero-order chi connectivity index (χ0) is 14.6. The molecule has 0 radical (unpaired) electrons. The van der Waals surface area contributed by atoms with Gasteiger partial charge in [-0.25, -0.2) is 0 Å². The van der Waals surface area contributed by atoms with Gasteiger partial charge in [0.15, 0.2) is 0 Å². The van der Waals surface area contributed by atoms with E-state index in [-0.39, 0.29) is 11.8 Å². The third-order valence-corrected chi connectivity index (χ3v) is 3.84. The van der Waals surface area contributed by atoms with Gasteiger partial charge in [0.2, 0.25) is 5.91 Å². The van der Waals surface area contributed by atoms with Crippen LogP contribution in [0.2, 0.25) is 0 Å². The minimum Gasteiger partial charge on any atom is -0.355 e. The Bertz CT molecular complexity index is 508. The van der Waals surface area contributed by atoms with Crippen molar-refractivity contribution in [2.45, 2.75) is 37.6 Å². The Labute approximate surface area is 118 Å². The highest BCUT2D eigenvalue weighted by Crippen LogP contribution is 2.27. The molecule has 0 atom stereocenters. The van der Waals surface area contributed by atoms with E-state index >= 15 is 0 Å². The van der Waals surface area contributed by atoms with Gasteiger partial charge in [-0.1, -0.05) is 31.4 Å². The summed E-state index contributed by atoms with van der Waals surface area (Å²) in [5.41, 5.74) is 6.34. The van der Waals surface area contributed by atoms with Crippen LogP contribution in [0, 0.1) is 0 Å². The lowest BCUT2D eigenvalue weighted by Crippen LogP contribution is -2.52. The topological polar surface area (TPSA) is 84.2 Å². The molecule has 5 heteroatoms. The molecule has 0 bridgehead atoms. The lowest BCUT2D eigenvalue weighted by molar-refractivity contribution is -0.122. The summed E-state index contributed by atoms with van der Waals surface area (Å²) in [6, 6.07) is 6.94. The first-order valence-electron chi connectivity index (χ1n) is 6.98. The van der Waals surface area contributed by atoms with Crippen LogP contribution in [-0.4, -0.2) is 24.4 Å². The molecule has 1 fully saturated rings. The molecule has 1 aromatic rings. The number of anilines is 1. The van der Waals surface area contributed by atoms with E-state index in [1.165, 1.54) is 0 Å². The number of amides is 2. The molecule has 2 amide bonds. The van der Waals surface area contributed by atoms with E-state index in [4.69, 9.17) is 5.73 Å². The van der Waals surface area contributed by atoms with Crippen molar-refractivity contribution in [2.75, 3.05) is 12.4 Å².